The van der Waals surface area contributed by atoms with E-state index in [9.17, 15) is 4.79 Å². The molecule has 0 amide bonds. The Bertz CT molecular complexity index is 340. The maximum Gasteiger partial charge on any atom is 0.306 e. The molecule has 1 rings (SSSR count). The molecule has 0 unspecified atom stereocenters. The molecule has 0 saturated carbocycles. The molecule has 0 aromatic carbocycles. The zero-order valence-electron chi connectivity index (χ0n) is 9.44. The van der Waals surface area contributed by atoms with Gasteiger partial charge in [0.2, 0.25) is 0 Å². The molecule has 0 atom stereocenters. The minimum absolute atomic E-state index is 0.193. The molecule has 1 aromatic heterocycles. The van der Waals surface area contributed by atoms with Crippen LogP contribution in [0.5, 0.6) is 0 Å². The highest BCUT2D eigenvalue weighted by atomic mass is 35.5. The molecule has 0 aliphatic rings. The smallest absolute Gasteiger partial charge is 0.306 e. The quantitative estimate of drug-likeness (QED) is 0.583. The van der Waals surface area contributed by atoms with Gasteiger partial charge in [-0.1, -0.05) is 17.7 Å². The van der Waals surface area contributed by atoms with E-state index in [1.165, 1.54) is 7.11 Å². The largest absolute Gasteiger partial charge is 0.469 e. The van der Waals surface area contributed by atoms with Crippen LogP contribution in [0.1, 0.15) is 12.0 Å². The van der Waals surface area contributed by atoms with Gasteiger partial charge in [0.05, 0.1) is 13.5 Å². The van der Waals surface area contributed by atoms with Gasteiger partial charge in [0.1, 0.15) is 5.15 Å². The Morgan fingerprint density at radius 2 is 2.31 bits per heavy atom. The Labute approximate surface area is 100 Å². The van der Waals surface area contributed by atoms with Crippen LogP contribution in [0.15, 0.2) is 18.3 Å². The van der Waals surface area contributed by atoms with Crippen molar-refractivity contribution in [1.82, 2.24) is 9.88 Å². The molecule has 88 valence electrons. The maximum atomic E-state index is 10.9. The summed E-state index contributed by atoms with van der Waals surface area (Å²) in [7, 11) is 3.34. The molecule has 0 saturated heterocycles. The first-order valence-corrected chi connectivity index (χ1v) is 5.35. The van der Waals surface area contributed by atoms with Crippen LogP contribution in [0.4, 0.5) is 0 Å². The topological polar surface area (TPSA) is 42.4 Å². The molecule has 0 fully saturated rings. The number of hydrogen-bond donors (Lipinski definition) is 0. The Morgan fingerprint density at radius 3 is 2.88 bits per heavy atom. The van der Waals surface area contributed by atoms with Crippen molar-refractivity contribution in [2.45, 2.75) is 13.0 Å². The SMILES string of the molecule is COC(=O)CCN(C)Cc1ccc(Cl)nc1. The maximum absolute atomic E-state index is 10.9. The lowest BCUT2D eigenvalue weighted by Crippen LogP contribution is -2.21. The number of rotatable bonds is 5. The number of esters is 1. The van der Waals surface area contributed by atoms with Crippen LogP contribution in [0.2, 0.25) is 5.15 Å². The number of ether oxygens (including phenoxy) is 1. The molecule has 0 radical (unpaired) electrons. The van der Waals surface area contributed by atoms with Gasteiger partial charge >= 0.3 is 5.97 Å². The van der Waals surface area contributed by atoms with Crippen LogP contribution >= 0.6 is 11.6 Å². The first-order valence-electron chi connectivity index (χ1n) is 4.97. The summed E-state index contributed by atoms with van der Waals surface area (Å²) in [6.07, 6.45) is 2.13. The molecule has 5 heteroatoms. The molecule has 0 bridgehead atoms. The highest BCUT2D eigenvalue weighted by molar-refractivity contribution is 6.29. The molecule has 16 heavy (non-hydrogen) atoms. The number of halogens is 1. The van der Waals surface area contributed by atoms with Crippen molar-refractivity contribution in [1.29, 1.82) is 0 Å². The van der Waals surface area contributed by atoms with Crippen molar-refractivity contribution in [2.24, 2.45) is 0 Å². The fourth-order valence-electron chi connectivity index (χ4n) is 1.27. The van der Waals surface area contributed by atoms with Crippen LogP contribution < -0.4 is 0 Å². The van der Waals surface area contributed by atoms with Crippen LogP contribution in [0, 0.1) is 0 Å². The van der Waals surface area contributed by atoms with E-state index in [0.29, 0.717) is 18.1 Å². The van der Waals surface area contributed by atoms with Crippen LogP contribution in [0.3, 0.4) is 0 Å². The minimum atomic E-state index is -0.193. The summed E-state index contributed by atoms with van der Waals surface area (Å²) in [5.41, 5.74) is 1.07. The fourth-order valence-corrected chi connectivity index (χ4v) is 1.39. The third-order valence-corrected chi connectivity index (χ3v) is 2.39. The number of hydrogen-bond acceptors (Lipinski definition) is 4. The molecule has 0 spiro atoms. The van der Waals surface area contributed by atoms with Gasteiger partial charge < -0.3 is 9.64 Å². The minimum Gasteiger partial charge on any atom is -0.469 e. The highest BCUT2D eigenvalue weighted by Gasteiger charge is 2.05. The van der Waals surface area contributed by atoms with Gasteiger partial charge in [-0.05, 0) is 18.7 Å². The van der Waals surface area contributed by atoms with Crippen molar-refractivity contribution in [3.05, 3.63) is 29.0 Å². The van der Waals surface area contributed by atoms with E-state index in [4.69, 9.17) is 11.6 Å². The number of nitrogens with zero attached hydrogens (tertiary/aromatic N) is 2. The van der Waals surface area contributed by atoms with Gasteiger partial charge in [0.25, 0.3) is 0 Å². The van der Waals surface area contributed by atoms with Crippen molar-refractivity contribution in [3.63, 3.8) is 0 Å². The molecule has 4 nitrogen and oxygen atoms in total. The van der Waals surface area contributed by atoms with E-state index in [-0.39, 0.29) is 5.97 Å². The van der Waals surface area contributed by atoms with E-state index in [2.05, 4.69) is 9.72 Å². The normalized spacial score (nSPS) is 10.5. The Morgan fingerprint density at radius 1 is 1.56 bits per heavy atom. The summed E-state index contributed by atoms with van der Waals surface area (Å²) in [5.74, 6) is -0.193. The molecule has 0 N–H and O–H groups in total. The molecular formula is C11H15ClN2O2. The van der Waals surface area contributed by atoms with E-state index < -0.39 is 0 Å². The zero-order chi connectivity index (χ0) is 12.0. The summed E-state index contributed by atoms with van der Waals surface area (Å²) in [5, 5.41) is 0.487. The van der Waals surface area contributed by atoms with Crippen molar-refractivity contribution in [3.8, 4) is 0 Å². The summed E-state index contributed by atoms with van der Waals surface area (Å²) < 4.78 is 4.57. The van der Waals surface area contributed by atoms with Crippen LogP contribution in [-0.2, 0) is 16.1 Å². The van der Waals surface area contributed by atoms with Gasteiger partial charge in [0, 0.05) is 19.3 Å². The number of aromatic nitrogens is 1. The number of pyridine rings is 1. The van der Waals surface area contributed by atoms with E-state index in [1.807, 2.05) is 18.0 Å². The van der Waals surface area contributed by atoms with Crippen molar-refractivity contribution < 1.29 is 9.53 Å². The molecule has 1 aromatic rings. The third kappa shape index (κ3) is 4.59. The fraction of sp³-hybridized carbons (Fsp3) is 0.455. The van der Waals surface area contributed by atoms with Crippen molar-refractivity contribution in [2.75, 3.05) is 20.7 Å². The first kappa shape index (κ1) is 12.9. The van der Waals surface area contributed by atoms with E-state index in [0.717, 1.165) is 12.1 Å². The predicted octanol–water partition coefficient (Wildman–Crippen LogP) is 1.73. The monoisotopic (exact) mass is 242 g/mol. The lowest BCUT2D eigenvalue weighted by atomic mass is 10.2. The first-order chi connectivity index (χ1) is 7.61. The molecular weight excluding hydrogens is 228 g/mol. The summed E-state index contributed by atoms with van der Waals surface area (Å²) >= 11 is 5.68. The van der Waals surface area contributed by atoms with Gasteiger partial charge in [-0.3, -0.25) is 4.79 Å². The Kier molecular flexibility index (Phi) is 5.22. The molecule has 1 heterocycles. The Balaban J connectivity index is 2.36. The van der Waals surface area contributed by atoms with E-state index >= 15 is 0 Å². The van der Waals surface area contributed by atoms with E-state index in [1.54, 1.807) is 12.3 Å². The lowest BCUT2D eigenvalue weighted by molar-refractivity contribution is -0.140. The van der Waals surface area contributed by atoms with Gasteiger partial charge in [-0.2, -0.15) is 0 Å². The summed E-state index contributed by atoms with van der Waals surface area (Å²) in [6.45, 7) is 1.40. The second-order valence-electron chi connectivity index (χ2n) is 3.55. The number of carbonyl (C=O) groups is 1. The number of carbonyl (C=O) groups excluding carboxylic acids is 1. The highest BCUT2D eigenvalue weighted by Crippen LogP contribution is 2.07. The van der Waals surface area contributed by atoms with Crippen LogP contribution in [-0.4, -0.2) is 36.6 Å². The predicted molar refractivity (Wildman–Crippen MR) is 62.2 cm³/mol. The van der Waals surface area contributed by atoms with Crippen molar-refractivity contribution >= 4 is 17.6 Å². The molecule has 0 aliphatic carbocycles. The second-order valence-corrected chi connectivity index (χ2v) is 3.94. The van der Waals surface area contributed by atoms with Gasteiger partial charge in [-0.25, -0.2) is 4.98 Å². The lowest BCUT2D eigenvalue weighted by Gasteiger charge is -2.15. The zero-order valence-corrected chi connectivity index (χ0v) is 10.2. The number of methoxy groups -OCH3 is 1. The Hall–Kier alpha value is -1.13. The summed E-state index contributed by atoms with van der Waals surface area (Å²) in [6, 6.07) is 3.68. The van der Waals surface area contributed by atoms with Gasteiger partial charge in [-0.15, -0.1) is 0 Å². The van der Waals surface area contributed by atoms with Crippen LogP contribution in [0.25, 0.3) is 0 Å². The third-order valence-electron chi connectivity index (χ3n) is 2.17. The summed E-state index contributed by atoms with van der Waals surface area (Å²) in [4.78, 5) is 17.0. The molecule has 0 aliphatic heterocycles. The van der Waals surface area contributed by atoms with Gasteiger partial charge in [0.15, 0.2) is 0 Å². The average Bonchev–Trinajstić information content (AvgIpc) is 2.29. The average molecular weight is 243 g/mol. The standard InChI is InChI=1S/C11H15ClN2O2/c1-14(6-5-11(15)16-2)8-9-3-4-10(12)13-7-9/h3-4,7H,5-6,8H2,1-2H3. The second kappa shape index (κ2) is 6.45.